The number of carbonyl (C=O) groups is 1. The number of halogens is 1. The predicted molar refractivity (Wildman–Crippen MR) is 140 cm³/mol. The first-order valence-corrected chi connectivity index (χ1v) is 12.0. The van der Waals surface area contributed by atoms with Gasteiger partial charge in [0.2, 0.25) is 0 Å². The molecule has 0 N–H and O–H groups in total. The van der Waals surface area contributed by atoms with Gasteiger partial charge in [-0.05, 0) is 49.4 Å². The fraction of sp³-hybridized carbons (Fsp3) is 0.214. The van der Waals surface area contributed by atoms with E-state index in [2.05, 4.69) is 4.90 Å². The van der Waals surface area contributed by atoms with E-state index in [0.717, 1.165) is 52.1 Å². The van der Waals surface area contributed by atoms with Crippen LogP contribution in [0.1, 0.15) is 16.1 Å². The molecule has 1 aliphatic heterocycles. The molecule has 1 aliphatic rings. The van der Waals surface area contributed by atoms with Gasteiger partial charge in [-0.1, -0.05) is 53.6 Å². The highest BCUT2D eigenvalue weighted by Crippen LogP contribution is 2.28. The molecule has 3 aromatic carbocycles. The fourth-order valence-corrected chi connectivity index (χ4v) is 4.62. The van der Waals surface area contributed by atoms with Crippen molar-refractivity contribution in [3.05, 3.63) is 95.1 Å². The Kier molecular flexibility index (Phi) is 6.47. The molecule has 7 heteroatoms. The van der Waals surface area contributed by atoms with Gasteiger partial charge >= 0.3 is 0 Å². The largest absolute Gasteiger partial charge is 0.497 e. The number of ether oxygens (including phenoxy) is 1. The number of anilines is 1. The number of methoxy groups -OCH3 is 1. The lowest BCUT2D eigenvalue weighted by molar-refractivity contribution is 0.0737. The highest BCUT2D eigenvalue weighted by molar-refractivity contribution is 6.33. The van der Waals surface area contributed by atoms with Crippen LogP contribution in [0.2, 0.25) is 5.02 Å². The summed E-state index contributed by atoms with van der Waals surface area (Å²) in [4.78, 5) is 17.9. The van der Waals surface area contributed by atoms with Crippen LogP contribution >= 0.6 is 11.6 Å². The quantitative estimate of drug-likeness (QED) is 0.375. The van der Waals surface area contributed by atoms with Gasteiger partial charge in [-0.25, -0.2) is 4.68 Å². The monoisotopic (exact) mass is 486 g/mol. The van der Waals surface area contributed by atoms with Crippen molar-refractivity contribution in [3.63, 3.8) is 0 Å². The molecule has 1 aromatic heterocycles. The highest BCUT2D eigenvalue weighted by atomic mass is 35.5. The van der Waals surface area contributed by atoms with Gasteiger partial charge in [0.15, 0.2) is 0 Å². The summed E-state index contributed by atoms with van der Waals surface area (Å²) in [5, 5.41) is 5.56. The molecule has 0 bridgehead atoms. The molecule has 0 unspecified atom stereocenters. The second-order valence-corrected chi connectivity index (χ2v) is 9.03. The van der Waals surface area contributed by atoms with E-state index in [0.29, 0.717) is 18.8 Å². The van der Waals surface area contributed by atoms with Crippen molar-refractivity contribution in [2.24, 2.45) is 0 Å². The number of aryl methyl sites for hydroxylation is 1. The predicted octanol–water partition coefficient (Wildman–Crippen LogP) is 5.47. The minimum absolute atomic E-state index is 0.0361. The SMILES string of the molecule is COc1cccc(-c2cc(C(=O)N3CCN(c4ccccc4Cl)CC3)n(-c3ccc(C)cc3)n2)c1. The standard InChI is InChI=1S/C28H27ClN4O2/c1-20-10-12-22(13-11-20)33-27(19-25(30-33)21-6-5-7-23(18-21)35-2)28(34)32-16-14-31(15-17-32)26-9-4-3-8-24(26)29/h3-13,18-19H,14-17H2,1-2H3. The number of amides is 1. The van der Waals surface area contributed by atoms with E-state index in [1.165, 1.54) is 0 Å². The number of benzene rings is 3. The molecule has 35 heavy (non-hydrogen) atoms. The second kappa shape index (κ2) is 9.84. The molecule has 0 spiro atoms. The van der Waals surface area contributed by atoms with Gasteiger partial charge in [-0.2, -0.15) is 5.10 Å². The van der Waals surface area contributed by atoms with Gasteiger partial charge in [0.1, 0.15) is 11.4 Å². The second-order valence-electron chi connectivity index (χ2n) is 8.62. The molecule has 0 radical (unpaired) electrons. The summed E-state index contributed by atoms with van der Waals surface area (Å²) in [5.74, 6) is 0.710. The zero-order valence-corrected chi connectivity index (χ0v) is 20.6. The smallest absolute Gasteiger partial charge is 0.272 e. The molecule has 5 rings (SSSR count). The zero-order valence-electron chi connectivity index (χ0n) is 19.8. The number of para-hydroxylation sites is 1. The molecule has 2 heterocycles. The van der Waals surface area contributed by atoms with Crippen LogP contribution < -0.4 is 9.64 Å². The Hall–Kier alpha value is -3.77. The van der Waals surface area contributed by atoms with E-state index in [4.69, 9.17) is 21.4 Å². The normalized spacial score (nSPS) is 13.7. The van der Waals surface area contributed by atoms with Crippen molar-refractivity contribution in [2.75, 3.05) is 38.2 Å². The lowest BCUT2D eigenvalue weighted by atomic mass is 10.1. The molecule has 1 fully saturated rings. The molecule has 178 valence electrons. The van der Waals surface area contributed by atoms with Crippen molar-refractivity contribution in [2.45, 2.75) is 6.92 Å². The number of hydrogen-bond donors (Lipinski definition) is 0. The van der Waals surface area contributed by atoms with Crippen molar-refractivity contribution < 1.29 is 9.53 Å². The number of aromatic nitrogens is 2. The van der Waals surface area contributed by atoms with Crippen LogP contribution in [0.5, 0.6) is 5.75 Å². The van der Waals surface area contributed by atoms with Crippen LogP contribution in [-0.2, 0) is 0 Å². The third-order valence-electron chi connectivity index (χ3n) is 6.33. The van der Waals surface area contributed by atoms with Crippen LogP contribution in [0.25, 0.3) is 16.9 Å². The molecule has 6 nitrogen and oxygen atoms in total. The summed E-state index contributed by atoms with van der Waals surface area (Å²) in [6.07, 6.45) is 0. The Morgan fingerprint density at radius 2 is 1.66 bits per heavy atom. The Balaban J connectivity index is 1.45. The Morgan fingerprint density at radius 1 is 0.914 bits per heavy atom. The Labute approximate surface area is 210 Å². The first-order chi connectivity index (χ1) is 17.0. The van der Waals surface area contributed by atoms with Crippen LogP contribution in [0.3, 0.4) is 0 Å². The van der Waals surface area contributed by atoms with Crippen LogP contribution in [0, 0.1) is 6.92 Å². The number of hydrogen-bond acceptors (Lipinski definition) is 4. The van der Waals surface area contributed by atoms with E-state index in [1.54, 1.807) is 11.8 Å². The van der Waals surface area contributed by atoms with Crippen molar-refractivity contribution >= 4 is 23.2 Å². The summed E-state index contributed by atoms with van der Waals surface area (Å²) < 4.78 is 7.13. The van der Waals surface area contributed by atoms with E-state index in [-0.39, 0.29) is 5.91 Å². The molecule has 0 aliphatic carbocycles. The Morgan fingerprint density at radius 3 is 2.37 bits per heavy atom. The average Bonchev–Trinajstić information content (AvgIpc) is 3.35. The van der Waals surface area contributed by atoms with Gasteiger partial charge in [-0.15, -0.1) is 0 Å². The van der Waals surface area contributed by atoms with E-state index in [1.807, 2.05) is 90.7 Å². The van der Waals surface area contributed by atoms with E-state index >= 15 is 0 Å². The lowest BCUT2D eigenvalue weighted by Gasteiger charge is -2.36. The number of rotatable bonds is 5. The molecule has 1 amide bonds. The Bertz CT molecular complexity index is 1340. The molecule has 4 aromatic rings. The molecular formula is C28H27ClN4O2. The van der Waals surface area contributed by atoms with Crippen molar-refractivity contribution in [1.82, 2.24) is 14.7 Å². The van der Waals surface area contributed by atoms with E-state index < -0.39 is 0 Å². The highest BCUT2D eigenvalue weighted by Gasteiger charge is 2.27. The summed E-state index contributed by atoms with van der Waals surface area (Å²) in [6.45, 7) is 4.70. The lowest BCUT2D eigenvalue weighted by Crippen LogP contribution is -2.49. The van der Waals surface area contributed by atoms with Crippen molar-refractivity contribution in [3.8, 4) is 22.7 Å². The maximum absolute atomic E-state index is 13.7. The minimum atomic E-state index is -0.0361. The summed E-state index contributed by atoms with van der Waals surface area (Å²) in [6, 6.07) is 25.5. The molecule has 1 saturated heterocycles. The van der Waals surface area contributed by atoms with Crippen LogP contribution in [0.4, 0.5) is 5.69 Å². The maximum Gasteiger partial charge on any atom is 0.272 e. The third-order valence-corrected chi connectivity index (χ3v) is 6.65. The first kappa shape index (κ1) is 23.0. The van der Waals surface area contributed by atoms with Gasteiger partial charge in [0, 0.05) is 31.7 Å². The van der Waals surface area contributed by atoms with Crippen LogP contribution in [-0.4, -0.2) is 53.9 Å². The third kappa shape index (κ3) is 4.75. The molecular weight excluding hydrogens is 460 g/mol. The summed E-state index contributed by atoms with van der Waals surface area (Å²) >= 11 is 6.39. The average molecular weight is 487 g/mol. The van der Waals surface area contributed by atoms with Gasteiger partial charge < -0.3 is 14.5 Å². The maximum atomic E-state index is 13.7. The van der Waals surface area contributed by atoms with E-state index in [9.17, 15) is 4.79 Å². The number of carbonyl (C=O) groups excluding carboxylic acids is 1. The van der Waals surface area contributed by atoms with Gasteiger partial charge in [0.05, 0.1) is 29.2 Å². The number of piperazine rings is 1. The molecule has 0 saturated carbocycles. The molecule has 0 atom stereocenters. The number of nitrogens with zero attached hydrogens (tertiary/aromatic N) is 4. The first-order valence-electron chi connectivity index (χ1n) is 11.6. The van der Waals surface area contributed by atoms with Gasteiger partial charge in [-0.3, -0.25) is 4.79 Å². The van der Waals surface area contributed by atoms with Gasteiger partial charge in [0.25, 0.3) is 5.91 Å². The summed E-state index contributed by atoms with van der Waals surface area (Å²) in [7, 11) is 1.64. The van der Waals surface area contributed by atoms with Crippen molar-refractivity contribution in [1.29, 1.82) is 0 Å². The zero-order chi connectivity index (χ0) is 24.4. The minimum Gasteiger partial charge on any atom is -0.497 e. The summed E-state index contributed by atoms with van der Waals surface area (Å²) in [5.41, 5.74) is 5.17. The van der Waals surface area contributed by atoms with Crippen LogP contribution in [0.15, 0.2) is 78.9 Å². The topological polar surface area (TPSA) is 50.6 Å². The fourth-order valence-electron chi connectivity index (χ4n) is 4.36.